The lowest BCUT2D eigenvalue weighted by atomic mass is 9.96. The van der Waals surface area contributed by atoms with Crippen molar-refractivity contribution in [3.63, 3.8) is 0 Å². The van der Waals surface area contributed by atoms with Gasteiger partial charge in [0.25, 0.3) is 0 Å². The molecular weight excluding hydrogens is 356 g/mol. The summed E-state index contributed by atoms with van der Waals surface area (Å²) in [6, 6.07) is 7.88. The highest BCUT2D eigenvalue weighted by atomic mass is 35.5. The van der Waals surface area contributed by atoms with Crippen LogP contribution in [0.1, 0.15) is 29.3 Å². The van der Waals surface area contributed by atoms with E-state index in [1.54, 1.807) is 25.3 Å². The van der Waals surface area contributed by atoms with Crippen molar-refractivity contribution in [2.75, 3.05) is 25.5 Å². The zero-order valence-corrected chi connectivity index (χ0v) is 15.7. The van der Waals surface area contributed by atoms with E-state index in [4.69, 9.17) is 16.3 Å². The summed E-state index contributed by atoms with van der Waals surface area (Å²) in [5.41, 5.74) is 2.06. The highest BCUT2D eigenvalue weighted by Crippen LogP contribution is 2.48. The average molecular weight is 377 g/mol. The Balaban J connectivity index is 1.48. The van der Waals surface area contributed by atoms with Crippen molar-refractivity contribution in [2.24, 2.45) is 5.92 Å². The number of nitrogens with one attached hydrogen (secondary N) is 1. The molecule has 0 saturated heterocycles. The van der Waals surface area contributed by atoms with Gasteiger partial charge in [-0.05, 0) is 60.4 Å². The van der Waals surface area contributed by atoms with Crippen LogP contribution in [0.5, 0.6) is 5.75 Å². The minimum Gasteiger partial charge on any atom is -0.495 e. The van der Waals surface area contributed by atoms with Gasteiger partial charge in [0.2, 0.25) is 5.91 Å². The van der Waals surface area contributed by atoms with E-state index in [-0.39, 0.29) is 5.91 Å². The van der Waals surface area contributed by atoms with Crippen LogP contribution in [0, 0.1) is 5.92 Å². The first kappa shape index (κ1) is 16.9. The maximum absolute atomic E-state index is 12.7. The molecule has 1 aromatic carbocycles. The summed E-state index contributed by atoms with van der Waals surface area (Å²) >= 11 is 7.90. The van der Waals surface area contributed by atoms with Crippen LogP contribution in [0.15, 0.2) is 29.6 Å². The molecule has 1 saturated carbocycles. The van der Waals surface area contributed by atoms with E-state index in [9.17, 15) is 4.79 Å². The molecule has 0 radical (unpaired) electrons. The minimum atomic E-state index is -0.0232. The molecule has 4 rings (SSSR count). The topological polar surface area (TPSA) is 41.6 Å². The number of hydrogen-bond acceptors (Lipinski definition) is 4. The molecule has 1 amide bonds. The number of methoxy groups -OCH3 is 1. The molecule has 1 atom stereocenters. The lowest BCUT2D eigenvalue weighted by Gasteiger charge is -2.35. The minimum absolute atomic E-state index is 0.0232. The van der Waals surface area contributed by atoms with E-state index in [1.807, 2.05) is 11.3 Å². The number of ether oxygens (including phenoxy) is 1. The number of fused-ring (bicyclic) bond motifs is 1. The van der Waals surface area contributed by atoms with Crippen LogP contribution >= 0.6 is 22.9 Å². The predicted octanol–water partition coefficient (Wildman–Crippen LogP) is 4.36. The van der Waals surface area contributed by atoms with Crippen LogP contribution in [0.2, 0.25) is 5.02 Å². The van der Waals surface area contributed by atoms with Gasteiger partial charge in [-0.1, -0.05) is 11.6 Å². The van der Waals surface area contributed by atoms with Crippen molar-refractivity contribution in [1.29, 1.82) is 0 Å². The van der Waals surface area contributed by atoms with E-state index in [2.05, 4.69) is 21.7 Å². The van der Waals surface area contributed by atoms with Crippen molar-refractivity contribution in [3.05, 3.63) is 45.1 Å². The van der Waals surface area contributed by atoms with Crippen LogP contribution < -0.4 is 10.1 Å². The molecule has 1 aromatic heterocycles. The predicted molar refractivity (Wildman–Crippen MR) is 102 cm³/mol. The number of rotatable bonds is 5. The highest BCUT2D eigenvalue weighted by Gasteiger charge is 2.40. The average Bonchev–Trinajstić information content (AvgIpc) is 3.31. The van der Waals surface area contributed by atoms with Gasteiger partial charge in [0.15, 0.2) is 0 Å². The van der Waals surface area contributed by atoms with E-state index in [0.717, 1.165) is 13.0 Å². The number of amides is 1. The molecule has 1 fully saturated rings. The third kappa shape index (κ3) is 3.54. The second-order valence-corrected chi connectivity index (χ2v) is 8.13. The Kier molecular flexibility index (Phi) is 4.71. The fourth-order valence-electron chi connectivity index (χ4n) is 3.69. The van der Waals surface area contributed by atoms with Crippen molar-refractivity contribution < 1.29 is 9.53 Å². The monoisotopic (exact) mass is 376 g/mol. The van der Waals surface area contributed by atoms with Gasteiger partial charge in [0, 0.05) is 22.5 Å². The second-order valence-electron chi connectivity index (χ2n) is 6.69. The summed E-state index contributed by atoms with van der Waals surface area (Å²) in [7, 11) is 1.59. The molecule has 2 aliphatic rings. The van der Waals surface area contributed by atoms with Gasteiger partial charge in [0.1, 0.15) is 5.75 Å². The molecule has 1 aliphatic heterocycles. The SMILES string of the molecule is COc1ccc(Cl)cc1NC(=O)CN1CCc2sccc2[C@H]1C1CC1. The first-order valence-electron chi connectivity index (χ1n) is 8.59. The number of carbonyl (C=O) groups excluding carboxylic acids is 1. The Hall–Kier alpha value is -1.56. The van der Waals surface area contributed by atoms with Gasteiger partial charge in [-0.2, -0.15) is 0 Å². The molecule has 25 heavy (non-hydrogen) atoms. The fourth-order valence-corrected chi connectivity index (χ4v) is 4.78. The van der Waals surface area contributed by atoms with Gasteiger partial charge >= 0.3 is 0 Å². The molecule has 1 N–H and O–H groups in total. The number of carbonyl (C=O) groups is 1. The van der Waals surface area contributed by atoms with Crippen LogP contribution in [0.25, 0.3) is 0 Å². The maximum Gasteiger partial charge on any atom is 0.238 e. The van der Waals surface area contributed by atoms with Crippen LogP contribution in [-0.4, -0.2) is 31.0 Å². The quantitative estimate of drug-likeness (QED) is 0.843. The normalized spacial score (nSPS) is 20.2. The number of benzene rings is 1. The van der Waals surface area contributed by atoms with Gasteiger partial charge in [-0.25, -0.2) is 0 Å². The molecule has 6 heteroatoms. The molecule has 132 valence electrons. The number of thiophene rings is 1. The Bertz CT molecular complexity index is 787. The standard InChI is InChI=1S/C19H21ClN2O2S/c1-24-16-5-4-13(20)10-15(16)21-18(23)11-22-8-6-17-14(7-9-25-17)19(22)12-2-3-12/h4-5,7,9-10,12,19H,2-3,6,8,11H2,1H3,(H,21,23)/t19-/m1/s1. The lowest BCUT2D eigenvalue weighted by molar-refractivity contribution is -0.118. The molecule has 2 heterocycles. The molecule has 0 bridgehead atoms. The number of anilines is 1. The summed E-state index contributed by atoms with van der Waals surface area (Å²) in [5.74, 6) is 1.29. The summed E-state index contributed by atoms with van der Waals surface area (Å²) in [5, 5.41) is 5.72. The fraction of sp³-hybridized carbons (Fsp3) is 0.421. The largest absolute Gasteiger partial charge is 0.495 e. The maximum atomic E-state index is 12.7. The molecule has 4 nitrogen and oxygen atoms in total. The van der Waals surface area contributed by atoms with Crippen LogP contribution in [-0.2, 0) is 11.2 Å². The van der Waals surface area contributed by atoms with Crippen molar-refractivity contribution >= 4 is 34.5 Å². The first-order chi connectivity index (χ1) is 12.2. The third-order valence-electron chi connectivity index (χ3n) is 4.97. The van der Waals surface area contributed by atoms with Crippen molar-refractivity contribution in [1.82, 2.24) is 4.90 Å². The van der Waals surface area contributed by atoms with Gasteiger partial charge in [-0.3, -0.25) is 9.69 Å². The van der Waals surface area contributed by atoms with E-state index in [1.165, 1.54) is 23.3 Å². The zero-order valence-electron chi connectivity index (χ0n) is 14.1. The highest BCUT2D eigenvalue weighted by molar-refractivity contribution is 7.10. The van der Waals surface area contributed by atoms with E-state index < -0.39 is 0 Å². The van der Waals surface area contributed by atoms with E-state index >= 15 is 0 Å². The zero-order chi connectivity index (χ0) is 17.4. The molecule has 1 aliphatic carbocycles. The summed E-state index contributed by atoms with van der Waals surface area (Å²) < 4.78 is 5.31. The smallest absolute Gasteiger partial charge is 0.238 e. The van der Waals surface area contributed by atoms with Crippen LogP contribution in [0.4, 0.5) is 5.69 Å². The first-order valence-corrected chi connectivity index (χ1v) is 9.85. The third-order valence-corrected chi connectivity index (χ3v) is 6.20. The Labute approximate surface area is 156 Å². The summed E-state index contributed by atoms with van der Waals surface area (Å²) in [6.07, 6.45) is 3.56. The van der Waals surface area contributed by atoms with Crippen molar-refractivity contribution in [2.45, 2.75) is 25.3 Å². The Morgan fingerprint density at radius 2 is 2.24 bits per heavy atom. The van der Waals surface area contributed by atoms with Crippen LogP contribution in [0.3, 0.4) is 0 Å². The Morgan fingerprint density at radius 3 is 3.00 bits per heavy atom. The number of hydrogen-bond donors (Lipinski definition) is 1. The number of halogens is 1. The number of nitrogens with zero attached hydrogens (tertiary/aromatic N) is 1. The van der Waals surface area contributed by atoms with Gasteiger partial charge in [-0.15, -0.1) is 11.3 Å². The molecule has 2 aromatic rings. The second kappa shape index (κ2) is 6.98. The molecule has 0 unspecified atom stereocenters. The lowest BCUT2D eigenvalue weighted by Crippen LogP contribution is -2.41. The summed E-state index contributed by atoms with van der Waals surface area (Å²) in [4.78, 5) is 16.5. The van der Waals surface area contributed by atoms with Crippen molar-refractivity contribution in [3.8, 4) is 5.75 Å². The molecular formula is C19H21ClN2O2S. The van der Waals surface area contributed by atoms with Gasteiger partial charge in [0.05, 0.1) is 19.3 Å². The Morgan fingerprint density at radius 1 is 1.40 bits per heavy atom. The van der Waals surface area contributed by atoms with E-state index in [0.29, 0.717) is 35.0 Å². The van der Waals surface area contributed by atoms with Gasteiger partial charge < -0.3 is 10.1 Å². The molecule has 0 spiro atoms. The summed E-state index contributed by atoms with van der Waals surface area (Å²) in [6.45, 7) is 1.33.